The van der Waals surface area contributed by atoms with E-state index in [-0.39, 0.29) is 18.7 Å². The monoisotopic (exact) mass is 285 g/mol. The number of halogens is 4. The van der Waals surface area contributed by atoms with Crippen LogP contribution >= 0.6 is 11.6 Å². The van der Waals surface area contributed by atoms with Gasteiger partial charge in [-0.15, -0.1) is 11.6 Å². The molecule has 0 heterocycles. The number of nitrogens with one attached hydrogen (secondary N) is 1. The molecule has 1 N–H and O–H groups in total. The third-order valence-electron chi connectivity index (χ3n) is 3.37. The largest absolute Gasteiger partial charge is 0.391 e. The fourth-order valence-electron chi connectivity index (χ4n) is 2.30. The van der Waals surface area contributed by atoms with Crippen molar-refractivity contribution in [3.63, 3.8) is 0 Å². The quantitative estimate of drug-likeness (QED) is 0.608. The van der Waals surface area contributed by atoms with Gasteiger partial charge in [-0.25, -0.2) is 0 Å². The minimum absolute atomic E-state index is 0.0646. The van der Waals surface area contributed by atoms with Crippen LogP contribution < -0.4 is 5.32 Å². The van der Waals surface area contributed by atoms with Crippen LogP contribution in [0.1, 0.15) is 38.5 Å². The number of alkyl halides is 4. The van der Waals surface area contributed by atoms with E-state index in [1.54, 1.807) is 0 Å². The predicted octanol–water partition coefficient (Wildman–Crippen LogP) is 3.49. The van der Waals surface area contributed by atoms with Gasteiger partial charge in [-0.1, -0.05) is 6.42 Å². The lowest BCUT2D eigenvalue weighted by Gasteiger charge is -2.29. The summed E-state index contributed by atoms with van der Waals surface area (Å²) < 4.78 is 37.8. The first-order chi connectivity index (χ1) is 8.45. The Morgan fingerprint density at radius 1 is 1.28 bits per heavy atom. The molecule has 1 aliphatic carbocycles. The minimum Gasteiger partial charge on any atom is -0.356 e. The second kappa shape index (κ2) is 7.22. The lowest BCUT2D eigenvalue weighted by atomic mass is 9.80. The summed E-state index contributed by atoms with van der Waals surface area (Å²) in [6, 6.07) is 0. The molecule has 0 saturated heterocycles. The van der Waals surface area contributed by atoms with Crippen LogP contribution in [-0.4, -0.2) is 24.5 Å². The van der Waals surface area contributed by atoms with Crippen LogP contribution in [-0.2, 0) is 4.79 Å². The molecule has 1 saturated carbocycles. The lowest BCUT2D eigenvalue weighted by Crippen LogP contribution is -2.37. The number of rotatable bonds is 5. The average molecular weight is 286 g/mol. The van der Waals surface area contributed by atoms with E-state index in [0.29, 0.717) is 25.3 Å². The summed E-state index contributed by atoms with van der Waals surface area (Å²) in [6.07, 6.45) is -1.47. The van der Waals surface area contributed by atoms with Crippen molar-refractivity contribution in [1.82, 2.24) is 5.32 Å². The van der Waals surface area contributed by atoms with Crippen molar-refractivity contribution < 1.29 is 18.0 Å². The molecule has 0 spiro atoms. The molecule has 1 aliphatic rings. The van der Waals surface area contributed by atoms with Gasteiger partial charge in [0.2, 0.25) is 5.91 Å². The van der Waals surface area contributed by atoms with Crippen molar-refractivity contribution >= 4 is 17.5 Å². The highest BCUT2D eigenvalue weighted by molar-refractivity contribution is 6.17. The van der Waals surface area contributed by atoms with Crippen molar-refractivity contribution in [3.8, 4) is 0 Å². The molecule has 0 aromatic rings. The first-order valence-electron chi connectivity index (χ1n) is 6.35. The van der Waals surface area contributed by atoms with Gasteiger partial charge in [0.25, 0.3) is 0 Å². The molecule has 1 rings (SSSR count). The normalized spacial score (nSPS) is 24.9. The van der Waals surface area contributed by atoms with Gasteiger partial charge >= 0.3 is 6.18 Å². The van der Waals surface area contributed by atoms with E-state index in [0.717, 1.165) is 12.8 Å². The fraction of sp³-hybridized carbons (Fsp3) is 0.917. The van der Waals surface area contributed by atoms with E-state index in [9.17, 15) is 18.0 Å². The Morgan fingerprint density at radius 3 is 2.61 bits per heavy atom. The molecule has 0 aliphatic heterocycles. The molecule has 0 aromatic heterocycles. The Hall–Kier alpha value is -0.450. The molecule has 0 radical (unpaired) electrons. The summed E-state index contributed by atoms with van der Waals surface area (Å²) >= 11 is 5.50. The maximum Gasteiger partial charge on any atom is 0.391 e. The molecule has 0 aromatic carbocycles. The van der Waals surface area contributed by atoms with Crippen molar-refractivity contribution in [2.75, 3.05) is 12.4 Å². The van der Waals surface area contributed by atoms with Crippen molar-refractivity contribution in [3.05, 3.63) is 0 Å². The number of hydrogen-bond donors (Lipinski definition) is 1. The second-order valence-electron chi connectivity index (χ2n) is 4.79. The lowest BCUT2D eigenvalue weighted by molar-refractivity contribution is -0.186. The maximum absolute atomic E-state index is 12.6. The van der Waals surface area contributed by atoms with Crippen molar-refractivity contribution in [1.29, 1.82) is 0 Å². The Labute approximate surface area is 110 Å². The van der Waals surface area contributed by atoms with E-state index < -0.39 is 18.0 Å². The van der Waals surface area contributed by atoms with Gasteiger partial charge < -0.3 is 5.32 Å². The number of carbonyl (C=O) groups is 1. The van der Waals surface area contributed by atoms with Gasteiger partial charge in [0, 0.05) is 18.3 Å². The first kappa shape index (κ1) is 15.6. The number of carbonyl (C=O) groups excluding carboxylic acids is 1. The molecule has 1 fully saturated rings. The summed E-state index contributed by atoms with van der Waals surface area (Å²) in [5, 5.41) is 2.69. The molecular weight excluding hydrogens is 267 g/mol. The molecule has 18 heavy (non-hydrogen) atoms. The predicted molar refractivity (Wildman–Crippen MR) is 64.5 cm³/mol. The van der Waals surface area contributed by atoms with Gasteiger partial charge in [-0.05, 0) is 32.1 Å². The molecule has 0 bridgehead atoms. The van der Waals surface area contributed by atoms with Gasteiger partial charge in [0.05, 0.1) is 5.92 Å². The van der Waals surface area contributed by atoms with Gasteiger partial charge in [-0.2, -0.15) is 13.2 Å². The van der Waals surface area contributed by atoms with Crippen LogP contribution in [0, 0.1) is 11.8 Å². The van der Waals surface area contributed by atoms with Crippen LogP contribution in [0.15, 0.2) is 0 Å². The van der Waals surface area contributed by atoms with Gasteiger partial charge in [-0.3, -0.25) is 4.79 Å². The smallest absolute Gasteiger partial charge is 0.356 e. The van der Waals surface area contributed by atoms with E-state index in [4.69, 9.17) is 11.6 Å². The topological polar surface area (TPSA) is 29.1 Å². The number of unbranched alkanes of at least 4 members (excludes halogenated alkanes) is 1. The highest BCUT2D eigenvalue weighted by atomic mass is 35.5. The highest BCUT2D eigenvalue weighted by Crippen LogP contribution is 2.39. The fourth-order valence-corrected chi connectivity index (χ4v) is 2.49. The Balaban J connectivity index is 2.34. The van der Waals surface area contributed by atoms with Crippen LogP contribution in [0.2, 0.25) is 0 Å². The highest BCUT2D eigenvalue weighted by Gasteiger charge is 2.43. The molecule has 2 atom stereocenters. The second-order valence-corrected chi connectivity index (χ2v) is 5.17. The number of hydrogen-bond acceptors (Lipinski definition) is 1. The third kappa shape index (κ3) is 5.04. The summed E-state index contributed by atoms with van der Waals surface area (Å²) in [7, 11) is 0. The zero-order valence-corrected chi connectivity index (χ0v) is 11.0. The third-order valence-corrected chi connectivity index (χ3v) is 3.63. The molecule has 1 amide bonds. The zero-order valence-electron chi connectivity index (χ0n) is 10.2. The Bertz CT molecular complexity index is 271. The van der Waals surface area contributed by atoms with E-state index in [1.165, 1.54) is 0 Å². The van der Waals surface area contributed by atoms with Gasteiger partial charge in [0.1, 0.15) is 0 Å². The standard InChI is InChI=1S/C12H19ClF3NO/c13-6-1-2-7-17-11(18)9-4-3-5-10(8-9)12(14,15)16/h9-10H,1-8H2,(H,17,18). The van der Waals surface area contributed by atoms with Crippen LogP contribution in [0.4, 0.5) is 13.2 Å². The van der Waals surface area contributed by atoms with Crippen molar-refractivity contribution in [2.45, 2.75) is 44.7 Å². The minimum atomic E-state index is -4.17. The van der Waals surface area contributed by atoms with Gasteiger partial charge in [0.15, 0.2) is 0 Å². The molecule has 2 nitrogen and oxygen atoms in total. The Morgan fingerprint density at radius 2 is 2.00 bits per heavy atom. The summed E-state index contributed by atoms with van der Waals surface area (Å²) in [6.45, 7) is 0.499. The van der Waals surface area contributed by atoms with Crippen LogP contribution in [0.3, 0.4) is 0 Å². The van der Waals surface area contributed by atoms with Crippen molar-refractivity contribution in [2.24, 2.45) is 11.8 Å². The van der Waals surface area contributed by atoms with E-state index in [1.807, 2.05) is 0 Å². The van der Waals surface area contributed by atoms with Crippen LogP contribution in [0.5, 0.6) is 0 Å². The van der Waals surface area contributed by atoms with Crippen LogP contribution in [0.25, 0.3) is 0 Å². The SMILES string of the molecule is O=C(NCCCCCl)C1CCCC(C(F)(F)F)C1. The number of amides is 1. The summed E-state index contributed by atoms with van der Waals surface area (Å²) in [5.74, 6) is -1.50. The average Bonchev–Trinajstić information content (AvgIpc) is 2.33. The Kier molecular flexibility index (Phi) is 6.26. The zero-order chi connectivity index (χ0) is 13.6. The molecule has 2 unspecified atom stereocenters. The molecule has 6 heteroatoms. The molecular formula is C12H19ClF3NO. The van der Waals surface area contributed by atoms with E-state index >= 15 is 0 Å². The summed E-state index contributed by atoms with van der Waals surface area (Å²) in [5.41, 5.74) is 0. The molecule has 106 valence electrons. The first-order valence-corrected chi connectivity index (χ1v) is 6.89. The maximum atomic E-state index is 12.6. The van der Waals surface area contributed by atoms with E-state index in [2.05, 4.69) is 5.32 Å². The summed E-state index contributed by atoms with van der Waals surface area (Å²) in [4.78, 5) is 11.7.